The van der Waals surface area contributed by atoms with E-state index < -0.39 is 0 Å². The Balaban J connectivity index is 1.08. The smallest absolute Gasteiger partial charge is 0.0588 e. The molecule has 0 N–H and O–H groups in total. The molecule has 8 aromatic rings. The molecule has 0 unspecified atom stereocenters. The highest BCUT2D eigenvalue weighted by molar-refractivity contribution is 6.13. The molecule has 0 atom stereocenters. The number of benzene rings is 7. The molecule has 2 nitrogen and oxygen atoms in total. The lowest BCUT2D eigenvalue weighted by atomic mass is 9.81. The van der Waals surface area contributed by atoms with Gasteiger partial charge in [0.25, 0.3) is 0 Å². The van der Waals surface area contributed by atoms with Crippen LogP contribution in [-0.2, 0) is 5.41 Å². The van der Waals surface area contributed by atoms with Gasteiger partial charge in [0.2, 0.25) is 0 Å². The highest BCUT2D eigenvalue weighted by Crippen LogP contribution is 2.53. The Bertz CT molecular complexity index is 2500. The standard InChI is InChI=1S/C48H38N2/c1-33-19-30-45-43(31-33)42-29-28-41-40-27-24-35(32-44(40)48(2,3)46(41)47(42)50(45)38-17-11-6-12-18-38)21-20-34-22-25-39(26-23-34)49(36-13-7-4-8-14-36)37-15-9-5-10-16-37/h4-32H,1-3H3/b21-20+. The molecule has 0 spiro atoms. The summed E-state index contributed by atoms with van der Waals surface area (Å²) in [5, 5.41) is 2.62. The zero-order valence-electron chi connectivity index (χ0n) is 28.6. The predicted molar refractivity (Wildman–Crippen MR) is 213 cm³/mol. The second-order valence-electron chi connectivity index (χ2n) is 13.9. The van der Waals surface area contributed by atoms with Crippen LogP contribution in [0.5, 0.6) is 0 Å². The minimum Gasteiger partial charge on any atom is -0.311 e. The zero-order valence-corrected chi connectivity index (χ0v) is 28.6. The van der Waals surface area contributed by atoms with Gasteiger partial charge >= 0.3 is 0 Å². The van der Waals surface area contributed by atoms with E-state index in [1.807, 2.05) is 0 Å². The molecular weight excluding hydrogens is 605 g/mol. The third-order valence-electron chi connectivity index (χ3n) is 10.4. The molecule has 0 bridgehead atoms. The minimum absolute atomic E-state index is 0.177. The third kappa shape index (κ3) is 4.87. The number of para-hydroxylation sites is 3. The van der Waals surface area contributed by atoms with Crippen molar-refractivity contribution in [3.05, 3.63) is 192 Å². The second kappa shape index (κ2) is 11.8. The number of fused-ring (bicyclic) bond motifs is 7. The minimum atomic E-state index is -0.177. The topological polar surface area (TPSA) is 8.17 Å². The number of rotatable bonds is 6. The van der Waals surface area contributed by atoms with E-state index in [-0.39, 0.29) is 5.41 Å². The summed E-state index contributed by atoms with van der Waals surface area (Å²) >= 11 is 0. The number of hydrogen-bond acceptors (Lipinski definition) is 1. The van der Waals surface area contributed by atoms with Crippen LogP contribution in [0, 0.1) is 6.92 Å². The van der Waals surface area contributed by atoms with Gasteiger partial charge < -0.3 is 9.47 Å². The molecule has 240 valence electrons. The average molecular weight is 643 g/mol. The Labute approximate surface area is 294 Å². The second-order valence-corrected chi connectivity index (χ2v) is 13.9. The molecule has 2 heteroatoms. The predicted octanol–water partition coefficient (Wildman–Crippen LogP) is 13.0. The average Bonchev–Trinajstić information content (AvgIpc) is 3.60. The summed E-state index contributed by atoms with van der Waals surface area (Å²) in [7, 11) is 0. The molecule has 9 rings (SSSR count). The van der Waals surface area contributed by atoms with Crippen molar-refractivity contribution in [2.45, 2.75) is 26.2 Å². The van der Waals surface area contributed by atoms with Crippen molar-refractivity contribution in [1.82, 2.24) is 4.57 Å². The maximum atomic E-state index is 2.48. The van der Waals surface area contributed by atoms with Gasteiger partial charge in [0, 0.05) is 38.9 Å². The lowest BCUT2D eigenvalue weighted by Crippen LogP contribution is -2.16. The molecule has 0 radical (unpaired) electrons. The van der Waals surface area contributed by atoms with Crippen molar-refractivity contribution in [1.29, 1.82) is 0 Å². The van der Waals surface area contributed by atoms with Gasteiger partial charge in [-0.3, -0.25) is 0 Å². The molecule has 0 saturated heterocycles. The third-order valence-corrected chi connectivity index (χ3v) is 10.4. The first kappa shape index (κ1) is 30.0. The summed E-state index contributed by atoms with van der Waals surface area (Å²) in [6.07, 6.45) is 4.48. The van der Waals surface area contributed by atoms with E-state index in [9.17, 15) is 0 Å². The molecule has 1 heterocycles. The van der Waals surface area contributed by atoms with Crippen LogP contribution in [0.25, 0.3) is 50.8 Å². The highest BCUT2D eigenvalue weighted by atomic mass is 15.1. The van der Waals surface area contributed by atoms with Gasteiger partial charge in [0.05, 0.1) is 11.0 Å². The molecule has 0 saturated carbocycles. The number of aryl methyl sites for hydroxylation is 1. The summed E-state index contributed by atoms with van der Waals surface area (Å²) in [5.41, 5.74) is 16.1. The first-order valence-electron chi connectivity index (χ1n) is 17.4. The number of aromatic nitrogens is 1. The molecular formula is C48H38N2. The van der Waals surface area contributed by atoms with Crippen molar-refractivity contribution in [3.8, 4) is 16.8 Å². The van der Waals surface area contributed by atoms with Crippen LogP contribution in [0.3, 0.4) is 0 Å². The summed E-state index contributed by atoms with van der Waals surface area (Å²) in [4.78, 5) is 2.29. The first-order chi connectivity index (χ1) is 24.5. The molecule has 0 aliphatic heterocycles. The van der Waals surface area contributed by atoms with E-state index in [1.165, 1.54) is 66.4 Å². The Hall–Kier alpha value is -6.12. The Morgan fingerprint density at radius 3 is 1.78 bits per heavy atom. The first-order valence-corrected chi connectivity index (χ1v) is 17.4. The fourth-order valence-corrected chi connectivity index (χ4v) is 8.00. The summed E-state index contributed by atoms with van der Waals surface area (Å²) in [6.45, 7) is 6.98. The van der Waals surface area contributed by atoms with Crippen LogP contribution >= 0.6 is 0 Å². The monoisotopic (exact) mass is 642 g/mol. The maximum Gasteiger partial charge on any atom is 0.0588 e. The van der Waals surface area contributed by atoms with Crippen molar-refractivity contribution >= 4 is 51.0 Å². The van der Waals surface area contributed by atoms with Crippen LogP contribution in [0.15, 0.2) is 164 Å². The molecule has 1 aliphatic carbocycles. The molecule has 1 aliphatic rings. The van der Waals surface area contributed by atoms with Crippen LogP contribution in [0.4, 0.5) is 17.1 Å². The normalized spacial score (nSPS) is 13.2. The largest absolute Gasteiger partial charge is 0.311 e. The Morgan fingerprint density at radius 2 is 1.10 bits per heavy atom. The molecule has 1 aromatic heterocycles. The van der Waals surface area contributed by atoms with E-state index in [0.29, 0.717) is 0 Å². The summed E-state index contributed by atoms with van der Waals surface area (Å²) in [5.74, 6) is 0. The van der Waals surface area contributed by atoms with E-state index in [4.69, 9.17) is 0 Å². The summed E-state index contributed by atoms with van der Waals surface area (Å²) in [6, 6.07) is 59.3. The van der Waals surface area contributed by atoms with Crippen molar-refractivity contribution in [2.24, 2.45) is 0 Å². The van der Waals surface area contributed by atoms with Crippen LogP contribution in [0.2, 0.25) is 0 Å². The summed E-state index contributed by atoms with van der Waals surface area (Å²) < 4.78 is 2.48. The molecule has 7 aromatic carbocycles. The van der Waals surface area contributed by atoms with Gasteiger partial charge in [-0.25, -0.2) is 0 Å². The number of anilines is 3. The van der Waals surface area contributed by atoms with Crippen molar-refractivity contribution in [2.75, 3.05) is 4.90 Å². The Morgan fingerprint density at radius 1 is 0.520 bits per heavy atom. The van der Waals surface area contributed by atoms with E-state index in [2.05, 4.69) is 206 Å². The van der Waals surface area contributed by atoms with Gasteiger partial charge in [-0.1, -0.05) is 135 Å². The van der Waals surface area contributed by atoms with Crippen LogP contribution in [0.1, 0.15) is 41.7 Å². The Kier molecular flexibility index (Phi) is 7.07. The lowest BCUT2D eigenvalue weighted by Gasteiger charge is -2.25. The van der Waals surface area contributed by atoms with E-state index in [1.54, 1.807) is 0 Å². The SMILES string of the molecule is Cc1ccc2c(c1)c1ccc3c(c1n2-c1ccccc1)C(C)(C)c1cc(/C=C/c2ccc(N(c4ccccc4)c4ccccc4)cc2)ccc1-3. The highest BCUT2D eigenvalue weighted by Gasteiger charge is 2.38. The zero-order chi connectivity index (χ0) is 33.8. The lowest BCUT2D eigenvalue weighted by molar-refractivity contribution is 0.663. The maximum absolute atomic E-state index is 2.48. The fraction of sp³-hybridized carbons (Fsp3) is 0.0833. The number of hydrogen-bond donors (Lipinski definition) is 0. The van der Waals surface area contributed by atoms with Gasteiger partial charge in [-0.15, -0.1) is 0 Å². The van der Waals surface area contributed by atoms with Crippen molar-refractivity contribution in [3.63, 3.8) is 0 Å². The van der Waals surface area contributed by atoms with Gasteiger partial charge in [0.1, 0.15) is 0 Å². The quantitative estimate of drug-likeness (QED) is 0.164. The van der Waals surface area contributed by atoms with Gasteiger partial charge in [-0.2, -0.15) is 0 Å². The van der Waals surface area contributed by atoms with Gasteiger partial charge in [0.15, 0.2) is 0 Å². The van der Waals surface area contributed by atoms with E-state index in [0.717, 1.165) is 17.1 Å². The molecule has 50 heavy (non-hydrogen) atoms. The number of nitrogens with zero attached hydrogens (tertiary/aromatic N) is 2. The van der Waals surface area contributed by atoms with Gasteiger partial charge in [-0.05, 0) is 101 Å². The van der Waals surface area contributed by atoms with Crippen molar-refractivity contribution < 1.29 is 0 Å². The van der Waals surface area contributed by atoms with E-state index >= 15 is 0 Å². The molecule has 0 fully saturated rings. The van der Waals surface area contributed by atoms with Crippen LogP contribution in [-0.4, -0.2) is 4.57 Å². The van der Waals surface area contributed by atoms with Crippen LogP contribution < -0.4 is 4.90 Å². The molecule has 0 amide bonds. The fourth-order valence-electron chi connectivity index (χ4n) is 8.00.